The number of amides is 1. The number of benzene rings is 1. The standard InChI is InChI=1S/C13H18F2N2O2/c1-9(16)8-12(18)17-7-6-10-2-4-11(5-3-10)19-13(14)15/h2-5,9,13H,6-8,16H2,1H3,(H,17,18). The molecule has 0 aliphatic heterocycles. The maximum atomic E-state index is 11.9. The molecular formula is C13H18F2N2O2. The van der Waals surface area contributed by atoms with E-state index in [9.17, 15) is 13.6 Å². The van der Waals surface area contributed by atoms with Gasteiger partial charge in [-0.25, -0.2) is 0 Å². The van der Waals surface area contributed by atoms with Crippen LogP contribution in [-0.2, 0) is 11.2 Å². The summed E-state index contributed by atoms with van der Waals surface area (Å²) in [5.74, 6) is 0.0346. The zero-order chi connectivity index (χ0) is 14.3. The van der Waals surface area contributed by atoms with Crippen LogP contribution >= 0.6 is 0 Å². The van der Waals surface area contributed by atoms with Crippen LogP contribution < -0.4 is 15.8 Å². The first-order chi connectivity index (χ1) is 8.97. The van der Waals surface area contributed by atoms with Crippen molar-refractivity contribution in [2.75, 3.05) is 6.54 Å². The molecule has 6 heteroatoms. The number of carbonyl (C=O) groups excluding carboxylic acids is 1. The molecule has 1 aromatic carbocycles. The van der Waals surface area contributed by atoms with E-state index < -0.39 is 6.61 Å². The van der Waals surface area contributed by atoms with Crippen LogP contribution in [0.15, 0.2) is 24.3 Å². The molecule has 0 aliphatic carbocycles. The Morgan fingerprint density at radius 2 is 2.00 bits per heavy atom. The summed E-state index contributed by atoms with van der Waals surface area (Å²) in [4.78, 5) is 11.3. The van der Waals surface area contributed by atoms with Gasteiger partial charge in [-0.3, -0.25) is 4.79 Å². The first-order valence-corrected chi connectivity index (χ1v) is 6.03. The molecule has 1 atom stereocenters. The molecule has 0 saturated carbocycles. The normalized spacial score (nSPS) is 12.3. The zero-order valence-corrected chi connectivity index (χ0v) is 10.7. The minimum Gasteiger partial charge on any atom is -0.435 e. The average Bonchev–Trinajstić information content (AvgIpc) is 2.29. The molecule has 0 fully saturated rings. The highest BCUT2D eigenvalue weighted by atomic mass is 19.3. The Morgan fingerprint density at radius 3 is 2.53 bits per heavy atom. The highest BCUT2D eigenvalue weighted by molar-refractivity contribution is 5.76. The number of hydrogen-bond acceptors (Lipinski definition) is 3. The summed E-state index contributed by atoms with van der Waals surface area (Å²) in [5.41, 5.74) is 6.43. The molecule has 0 spiro atoms. The second kappa shape index (κ2) is 7.68. The highest BCUT2D eigenvalue weighted by Crippen LogP contribution is 2.14. The molecule has 3 N–H and O–H groups in total. The Hall–Kier alpha value is -1.69. The lowest BCUT2D eigenvalue weighted by Crippen LogP contribution is -2.31. The summed E-state index contributed by atoms with van der Waals surface area (Å²) in [6.07, 6.45) is 0.917. The van der Waals surface area contributed by atoms with Crippen LogP contribution in [0.4, 0.5) is 8.78 Å². The zero-order valence-electron chi connectivity index (χ0n) is 10.7. The first kappa shape index (κ1) is 15.4. The quantitative estimate of drug-likeness (QED) is 0.793. The highest BCUT2D eigenvalue weighted by Gasteiger charge is 2.05. The molecule has 1 amide bonds. The number of nitrogens with one attached hydrogen (secondary N) is 1. The van der Waals surface area contributed by atoms with Crippen LogP contribution in [0.1, 0.15) is 18.9 Å². The summed E-state index contributed by atoms with van der Waals surface area (Å²) in [7, 11) is 0. The number of ether oxygens (including phenoxy) is 1. The van der Waals surface area contributed by atoms with Crippen molar-refractivity contribution in [2.24, 2.45) is 5.73 Å². The molecule has 1 aromatic rings. The van der Waals surface area contributed by atoms with Crippen LogP contribution in [0, 0.1) is 0 Å². The topological polar surface area (TPSA) is 64.4 Å². The van der Waals surface area contributed by atoms with Crippen molar-refractivity contribution in [3.8, 4) is 5.75 Å². The third kappa shape index (κ3) is 6.71. The second-order valence-corrected chi connectivity index (χ2v) is 4.30. The lowest BCUT2D eigenvalue weighted by atomic mass is 10.1. The predicted octanol–water partition coefficient (Wildman–Crippen LogP) is 1.68. The maximum Gasteiger partial charge on any atom is 0.387 e. The van der Waals surface area contributed by atoms with Crippen LogP contribution in [0.5, 0.6) is 5.75 Å². The van der Waals surface area contributed by atoms with Crippen molar-refractivity contribution < 1.29 is 18.3 Å². The van der Waals surface area contributed by atoms with Gasteiger partial charge in [-0.1, -0.05) is 12.1 Å². The summed E-state index contributed by atoms with van der Waals surface area (Å²) < 4.78 is 28.1. The number of rotatable bonds is 7. The van der Waals surface area contributed by atoms with Crippen LogP contribution in [0.2, 0.25) is 0 Å². The predicted molar refractivity (Wildman–Crippen MR) is 68.1 cm³/mol. The van der Waals surface area contributed by atoms with E-state index in [2.05, 4.69) is 10.1 Å². The Labute approximate surface area is 110 Å². The van der Waals surface area contributed by atoms with Gasteiger partial charge in [0.25, 0.3) is 0 Å². The van der Waals surface area contributed by atoms with Gasteiger partial charge < -0.3 is 15.8 Å². The van der Waals surface area contributed by atoms with Crippen molar-refractivity contribution in [2.45, 2.75) is 32.4 Å². The molecule has 0 saturated heterocycles. The van der Waals surface area contributed by atoms with Gasteiger partial charge in [0, 0.05) is 19.0 Å². The molecule has 0 aromatic heterocycles. The fourth-order valence-electron chi connectivity index (χ4n) is 1.55. The van der Waals surface area contributed by atoms with Gasteiger partial charge in [-0.15, -0.1) is 0 Å². The summed E-state index contributed by atoms with van der Waals surface area (Å²) in [6, 6.07) is 6.17. The molecule has 4 nitrogen and oxygen atoms in total. The molecule has 0 bridgehead atoms. The van der Waals surface area contributed by atoms with Crippen molar-refractivity contribution >= 4 is 5.91 Å². The average molecular weight is 272 g/mol. The maximum absolute atomic E-state index is 11.9. The minimum absolute atomic E-state index is 0.0901. The molecule has 0 heterocycles. The number of hydrogen-bond donors (Lipinski definition) is 2. The molecule has 1 unspecified atom stereocenters. The molecule has 1 rings (SSSR count). The van der Waals surface area contributed by atoms with E-state index in [-0.39, 0.29) is 17.7 Å². The molecule has 106 valence electrons. The first-order valence-electron chi connectivity index (χ1n) is 6.03. The SMILES string of the molecule is CC(N)CC(=O)NCCc1ccc(OC(F)F)cc1. The molecular weight excluding hydrogens is 254 g/mol. The van der Waals surface area contributed by atoms with Crippen molar-refractivity contribution in [1.29, 1.82) is 0 Å². The fourth-order valence-corrected chi connectivity index (χ4v) is 1.55. The lowest BCUT2D eigenvalue weighted by molar-refractivity contribution is -0.121. The van der Waals surface area contributed by atoms with Crippen molar-refractivity contribution in [3.05, 3.63) is 29.8 Å². The fraction of sp³-hybridized carbons (Fsp3) is 0.462. The largest absolute Gasteiger partial charge is 0.435 e. The Balaban J connectivity index is 2.32. The number of nitrogens with two attached hydrogens (primary N) is 1. The molecule has 0 radical (unpaired) electrons. The molecule has 0 aliphatic rings. The van der Waals surface area contributed by atoms with Crippen LogP contribution in [0.3, 0.4) is 0 Å². The van der Waals surface area contributed by atoms with Crippen LogP contribution in [0.25, 0.3) is 0 Å². The van der Waals surface area contributed by atoms with Crippen molar-refractivity contribution in [3.63, 3.8) is 0 Å². The van der Waals surface area contributed by atoms with Gasteiger partial charge in [-0.05, 0) is 31.0 Å². The van der Waals surface area contributed by atoms with Gasteiger partial charge in [0.05, 0.1) is 0 Å². The Bertz CT molecular complexity index is 394. The van der Waals surface area contributed by atoms with E-state index in [1.165, 1.54) is 12.1 Å². The number of alkyl halides is 2. The smallest absolute Gasteiger partial charge is 0.387 e. The van der Waals surface area contributed by atoms with Crippen LogP contribution in [-0.4, -0.2) is 25.1 Å². The third-order valence-electron chi connectivity index (χ3n) is 2.39. The lowest BCUT2D eigenvalue weighted by Gasteiger charge is -2.08. The van der Waals surface area contributed by atoms with Gasteiger partial charge in [0.1, 0.15) is 5.75 Å². The number of carbonyl (C=O) groups is 1. The number of halogens is 2. The monoisotopic (exact) mass is 272 g/mol. The third-order valence-corrected chi connectivity index (χ3v) is 2.39. The van der Waals surface area contributed by atoms with Crippen molar-refractivity contribution in [1.82, 2.24) is 5.32 Å². The van der Waals surface area contributed by atoms with Gasteiger partial charge in [-0.2, -0.15) is 8.78 Å². The van der Waals surface area contributed by atoms with E-state index >= 15 is 0 Å². The van der Waals surface area contributed by atoms with Gasteiger partial charge >= 0.3 is 6.61 Å². The minimum atomic E-state index is -2.82. The second-order valence-electron chi connectivity index (χ2n) is 4.30. The Kier molecular flexibility index (Phi) is 6.21. The summed E-state index contributed by atoms with van der Waals surface area (Å²) in [5, 5.41) is 2.74. The molecule has 19 heavy (non-hydrogen) atoms. The summed E-state index contributed by atoms with van der Waals surface area (Å²) >= 11 is 0. The summed E-state index contributed by atoms with van der Waals surface area (Å²) in [6.45, 7) is -0.564. The van der Waals surface area contributed by atoms with E-state index in [1.807, 2.05) is 0 Å². The van der Waals surface area contributed by atoms with E-state index in [1.54, 1.807) is 19.1 Å². The van der Waals surface area contributed by atoms with Gasteiger partial charge in [0.2, 0.25) is 5.91 Å². The van der Waals surface area contributed by atoms with Gasteiger partial charge in [0.15, 0.2) is 0 Å². The van der Waals surface area contributed by atoms with E-state index in [0.29, 0.717) is 19.4 Å². The Morgan fingerprint density at radius 1 is 1.37 bits per heavy atom. The van der Waals surface area contributed by atoms with E-state index in [4.69, 9.17) is 5.73 Å². The van der Waals surface area contributed by atoms with E-state index in [0.717, 1.165) is 5.56 Å².